The van der Waals surface area contributed by atoms with Gasteiger partial charge in [-0.3, -0.25) is 9.59 Å². The summed E-state index contributed by atoms with van der Waals surface area (Å²) in [6, 6.07) is 12.6. The Kier molecular flexibility index (Phi) is 7.00. The molecule has 0 saturated carbocycles. The lowest BCUT2D eigenvalue weighted by molar-refractivity contribution is -0.119. The molecule has 0 unspecified atom stereocenters. The smallest absolute Gasteiger partial charge is 0.256 e. The van der Waals surface area contributed by atoms with Crippen LogP contribution < -0.4 is 15.8 Å². The number of carbonyl (C=O) groups excluding carboxylic acids is 2. The van der Waals surface area contributed by atoms with Gasteiger partial charge in [0, 0.05) is 16.6 Å². The molecule has 0 aromatic heterocycles. The van der Waals surface area contributed by atoms with Gasteiger partial charge in [-0.15, -0.1) is 11.8 Å². The molecule has 144 valence electrons. The van der Waals surface area contributed by atoms with Gasteiger partial charge in [0.1, 0.15) is 0 Å². The fraction of sp³-hybridized carbons (Fsp3) is 0.222. The minimum atomic E-state index is -3.79. The highest BCUT2D eigenvalue weighted by Crippen LogP contribution is 2.24. The van der Waals surface area contributed by atoms with Gasteiger partial charge in [0.2, 0.25) is 15.9 Å². The third-order valence-corrected chi connectivity index (χ3v) is 5.38. The molecule has 0 aliphatic rings. The maximum Gasteiger partial charge on any atom is 0.256 e. The second-order valence-electron chi connectivity index (χ2n) is 6.03. The van der Waals surface area contributed by atoms with Gasteiger partial charge in [-0.1, -0.05) is 12.1 Å². The van der Waals surface area contributed by atoms with Gasteiger partial charge < -0.3 is 10.6 Å². The molecule has 2 aromatic rings. The first kappa shape index (κ1) is 20.9. The maximum atomic E-state index is 12.6. The molecule has 2 rings (SSSR count). The summed E-state index contributed by atoms with van der Waals surface area (Å²) in [5.74, 6) is -0.263. The Morgan fingerprint density at radius 2 is 1.70 bits per heavy atom. The van der Waals surface area contributed by atoms with Crippen LogP contribution >= 0.6 is 11.8 Å². The minimum Gasteiger partial charge on any atom is -0.353 e. The summed E-state index contributed by atoms with van der Waals surface area (Å²) < 4.78 is 22.6. The zero-order valence-electron chi connectivity index (χ0n) is 14.9. The first-order valence-electron chi connectivity index (χ1n) is 8.12. The lowest BCUT2D eigenvalue weighted by Gasteiger charge is -2.11. The lowest BCUT2D eigenvalue weighted by atomic mass is 10.2. The fourth-order valence-corrected chi connectivity index (χ4v) is 3.59. The van der Waals surface area contributed by atoms with Crippen LogP contribution in [-0.4, -0.2) is 32.0 Å². The second kappa shape index (κ2) is 9.03. The van der Waals surface area contributed by atoms with E-state index in [0.29, 0.717) is 16.1 Å². The molecule has 0 heterocycles. The van der Waals surface area contributed by atoms with E-state index in [1.165, 1.54) is 36.0 Å². The van der Waals surface area contributed by atoms with Crippen molar-refractivity contribution in [2.45, 2.75) is 29.7 Å². The van der Waals surface area contributed by atoms with Crippen LogP contribution in [-0.2, 0) is 14.8 Å². The van der Waals surface area contributed by atoms with Crippen LogP contribution in [0.2, 0.25) is 0 Å². The predicted molar refractivity (Wildman–Crippen MR) is 106 cm³/mol. The van der Waals surface area contributed by atoms with Gasteiger partial charge >= 0.3 is 0 Å². The zero-order chi connectivity index (χ0) is 20.0. The number of carbonyl (C=O) groups is 2. The average molecular weight is 408 g/mol. The molecule has 27 heavy (non-hydrogen) atoms. The topological polar surface area (TPSA) is 118 Å². The summed E-state index contributed by atoms with van der Waals surface area (Å²) in [6.07, 6.45) is 0. The van der Waals surface area contributed by atoms with Crippen molar-refractivity contribution in [3.05, 3.63) is 54.1 Å². The third kappa shape index (κ3) is 6.38. The molecule has 0 atom stereocenters. The van der Waals surface area contributed by atoms with Crippen LogP contribution in [0.25, 0.3) is 0 Å². The van der Waals surface area contributed by atoms with Gasteiger partial charge in [0.05, 0.1) is 16.2 Å². The molecule has 2 amide bonds. The number of nitrogens with one attached hydrogen (secondary N) is 2. The number of primary sulfonamides is 1. The molecule has 9 heteroatoms. The quantitative estimate of drug-likeness (QED) is 0.608. The average Bonchev–Trinajstić information content (AvgIpc) is 2.59. The van der Waals surface area contributed by atoms with E-state index in [2.05, 4.69) is 10.6 Å². The molecule has 0 aliphatic carbocycles. The number of sulfonamides is 1. The number of hydrogen-bond donors (Lipinski definition) is 3. The monoisotopic (exact) mass is 407 g/mol. The number of nitrogens with two attached hydrogens (primary N) is 1. The molecule has 0 saturated heterocycles. The zero-order valence-corrected chi connectivity index (χ0v) is 16.6. The van der Waals surface area contributed by atoms with E-state index in [1.807, 2.05) is 13.8 Å². The summed E-state index contributed by atoms with van der Waals surface area (Å²) in [6.45, 7) is 3.76. The summed E-state index contributed by atoms with van der Waals surface area (Å²) in [7, 11) is -3.79. The fourth-order valence-electron chi connectivity index (χ4n) is 2.21. The summed E-state index contributed by atoms with van der Waals surface area (Å²) in [4.78, 5) is 25.0. The Morgan fingerprint density at radius 3 is 2.30 bits per heavy atom. The third-order valence-electron chi connectivity index (χ3n) is 3.38. The normalized spacial score (nSPS) is 11.3. The van der Waals surface area contributed by atoms with Crippen molar-refractivity contribution in [2.75, 3.05) is 11.1 Å². The van der Waals surface area contributed by atoms with Gasteiger partial charge in [-0.25, -0.2) is 13.6 Å². The molecular formula is C18H21N3O4S2. The summed E-state index contributed by atoms with van der Waals surface area (Å²) in [5.41, 5.74) is 0.861. The molecule has 0 spiro atoms. The van der Waals surface area contributed by atoms with Crippen LogP contribution in [0, 0.1) is 0 Å². The molecule has 0 aliphatic heterocycles. The highest BCUT2D eigenvalue weighted by molar-refractivity contribution is 8.00. The van der Waals surface area contributed by atoms with Crippen molar-refractivity contribution in [1.29, 1.82) is 0 Å². The Morgan fingerprint density at radius 1 is 1.07 bits per heavy atom. The van der Waals surface area contributed by atoms with Gasteiger partial charge in [-0.2, -0.15) is 0 Å². The van der Waals surface area contributed by atoms with E-state index in [4.69, 9.17) is 5.14 Å². The van der Waals surface area contributed by atoms with Gasteiger partial charge in [-0.05, 0) is 50.2 Å². The van der Waals surface area contributed by atoms with Crippen molar-refractivity contribution in [3.63, 3.8) is 0 Å². The summed E-state index contributed by atoms with van der Waals surface area (Å²) in [5, 5.41) is 10.6. The number of amides is 2. The van der Waals surface area contributed by atoms with E-state index >= 15 is 0 Å². The Bertz CT molecular complexity index is 926. The predicted octanol–water partition coefficient (Wildman–Crippen LogP) is 2.20. The Balaban J connectivity index is 2.09. The van der Waals surface area contributed by atoms with Crippen LogP contribution in [0.3, 0.4) is 0 Å². The highest BCUT2D eigenvalue weighted by Gasteiger charge is 2.14. The first-order valence-corrected chi connectivity index (χ1v) is 10.7. The van der Waals surface area contributed by atoms with Crippen LogP contribution in [0.1, 0.15) is 24.2 Å². The number of benzene rings is 2. The number of rotatable bonds is 7. The molecule has 4 N–H and O–H groups in total. The summed E-state index contributed by atoms with van der Waals surface area (Å²) >= 11 is 1.27. The van der Waals surface area contributed by atoms with E-state index in [9.17, 15) is 18.0 Å². The highest BCUT2D eigenvalue weighted by atomic mass is 32.2. The first-order chi connectivity index (χ1) is 12.7. The van der Waals surface area contributed by atoms with Crippen molar-refractivity contribution in [3.8, 4) is 0 Å². The van der Waals surface area contributed by atoms with Crippen LogP contribution in [0.15, 0.2) is 58.3 Å². The van der Waals surface area contributed by atoms with Crippen molar-refractivity contribution >= 4 is 39.3 Å². The van der Waals surface area contributed by atoms with Crippen molar-refractivity contribution < 1.29 is 18.0 Å². The van der Waals surface area contributed by atoms with Gasteiger partial charge in [0.15, 0.2) is 0 Å². The second-order valence-corrected chi connectivity index (χ2v) is 8.61. The van der Waals surface area contributed by atoms with Crippen molar-refractivity contribution in [1.82, 2.24) is 5.32 Å². The molecule has 0 bridgehead atoms. The van der Waals surface area contributed by atoms with Crippen LogP contribution in [0.4, 0.5) is 5.69 Å². The Hall–Kier alpha value is -2.36. The molecule has 2 aromatic carbocycles. The van der Waals surface area contributed by atoms with E-state index in [-0.39, 0.29) is 28.5 Å². The number of thioether (sulfide) groups is 1. The number of hydrogen-bond acceptors (Lipinski definition) is 5. The largest absolute Gasteiger partial charge is 0.353 e. The van der Waals surface area contributed by atoms with E-state index < -0.39 is 10.0 Å². The van der Waals surface area contributed by atoms with E-state index in [0.717, 1.165) is 0 Å². The lowest BCUT2D eigenvalue weighted by Crippen LogP contribution is -2.31. The molecule has 7 nitrogen and oxygen atoms in total. The molecule has 0 radical (unpaired) electrons. The maximum absolute atomic E-state index is 12.6. The SMILES string of the molecule is CC(C)NC(=O)CSc1ccccc1C(=O)Nc1ccc(S(N)(=O)=O)cc1. The van der Waals surface area contributed by atoms with Crippen molar-refractivity contribution in [2.24, 2.45) is 5.14 Å². The van der Waals surface area contributed by atoms with Crippen LogP contribution in [0.5, 0.6) is 0 Å². The van der Waals surface area contributed by atoms with Gasteiger partial charge in [0.25, 0.3) is 5.91 Å². The standard InChI is InChI=1S/C18H21N3O4S2/c1-12(2)20-17(22)11-26-16-6-4-3-5-15(16)18(23)21-13-7-9-14(10-8-13)27(19,24)25/h3-10,12H,11H2,1-2H3,(H,20,22)(H,21,23)(H2,19,24,25). The molecule has 0 fully saturated rings. The van der Waals surface area contributed by atoms with E-state index in [1.54, 1.807) is 24.3 Å². The minimum absolute atomic E-state index is 0.0346. The Labute approximate surface area is 162 Å². The molecular weight excluding hydrogens is 386 g/mol. The number of anilines is 1.